The van der Waals surface area contributed by atoms with Gasteiger partial charge in [0.1, 0.15) is 0 Å². The Morgan fingerprint density at radius 2 is 2.47 bits per heavy atom. The van der Waals surface area contributed by atoms with Crippen molar-refractivity contribution >= 4 is 39.3 Å². The number of rotatable bonds is 1. The van der Waals surface area contributed by atoms with Crippen LogP contribution in [0.5, 0.6) is 0 Å². The first-order chi connectivity index (χ1) is 8.25. The normalized spacial score (nSPS) is 20.9. The van der Waals surface area contributed by atoms with Crippen LogP contribution >= 0.6 is 28.1 Å². The van der Waals surface area contributed by atoms with E-state index in [1.807, 2.05) is 6.07 Å². The first-order valence-corrected chi connectivity index (χ1v) is 6.79. The molecule has 1 saturated heterocycles. The zero-order valence-electron chi connectivity index (χ0n) is 9.15. The molecule has 3 heterocycles. The van der Waals surface area contributed by atoms with Gasteiger partial charge in [0.15, 0.2) is 10.4 Å². The van der Waals surface area contributed by atoms with Crippen molar-refractivity contribution in [2.24, 2.45) is 0 Å². The number of H-pyrrole nitrogens is 1. The fraction of sp³-hybridized carbons (Fsp3) is 0.455. The van der Waals surface area contributed by atoms with E-state index in [4.69, 9.17) is 17.0 Å². The Morgan fingerprint density at radius 1 is 1.59 bits per heavy atom. The van der Waals surface area contributed by atoms with Crippen LogP contribution in [0.3, 0.4) is 0 Å². The molecule has 0 bridgehead atoms. The molecule has 1 unspecified atom stereocenters. The van der Waals surface area contributed by atoms with Crippen molar-refractivity contribution in [2.45, 2.75) is 18.9 Å². The molecule has 2 aromatic rings. The highest BCUT2D eigenvalue weighted by Crippen LogP contribution is 2.25. The van der Waals surface area contributed by atoms with E-state index < -0.39 is 0 Å². The quantitative estimate of drug-likeness (QED) is 0.822. The summed E-state index contributed by atoms with van der Waals surface area (Å²) in [5.41, 5.74) is 1.88. The fourth-order valence-electron chi connectivity index (χ4n) is 2.25. The summed E-state index contributed by atoms with van der Waals surface area (Å²) in [5.74, 6) is 0. The van der Waals surface area contributed by atoms with E-state index in [-0.39, 0.29) is 0 Å². The van der Waals surface area contributed by atoms with Gasteiger partial charge in [-0.3, -0.25) is 4.57 Å². The Bertz CT molecular complexity index is 600. The van der Waals surface area contributed by atoms with Crippen molar-refractivity contribution < 1.29 is 4.74 Å². The highest BCUT2D eigenvalue weighted by molar-refractivity contribution is 9.10. The summed E-state index contributed by atoms with van der Waals surface area (Å²) in [6.45, 7) is 1.57. The van der Waals surface area contributed by atoms with Gasteiger partial charge < -0.3 is 9.72 Å². The van der Waals surface area contributed by atoms with Crippen LogP contribution < -0.4 is 0 Å². The number of aromatic nitrogens is 3. The minimum Gasteiger partial charge on any atom is -0.379 e. The summed E-state index contributed by atoms with van der Waals surface area (Å²) in [5, 5.41) is 0. The molecular formula is C11H12BrN3OS. The molecule has 0 aromatic carbocycles. The Hall–Kier alpha value is -0.720. The number of pyridine rings is 1. The predicted octanol–water partition coefficient (Wildman–Crippen LogP) is 3.21. The van der Waals surface area contributed by atoms with Gasteiger partial charge in [-0.2, -0.15) is 0 Å². The summed E-state index contributed by atoms with van der Waals surface area (Å²) < 4.78 is 9.27. The molecular weight excluding hydrogens is 302 g/mol. The third-order valence-electron chi connectivity index (χ3n) is 3.02. The summed E-state index contributed by atoms with van der Waals surface area (Å²) >= 11 is 8.79. The van der Waals surface area contributed by atoms with E-state index in [9.17, 15) is 0 Å². The van der Waals surface area contributed by atoms with Gasteiger partial charge in [-0.25, -0.2) is 4.98 Å². The van der Waals surface area contributed by atoms with Gasteiger partial charge in [0.25, 0.3) is 0 Å². The van der Waals surface area contributed by atoms with Gasteiger partial charge in [-0.05, 0) is 47.1 Å². The van der Waals surface area contributed by atoms with E-state index in [0.717, 1.165) is 46.5 Å². The number of hydrogen-bond donors (Lipinski definition) is 1. The first kappa shape index (κ1) is 11.4. The lowest BCUT2D eigenvalue weighted by Gasteiger charge is -2.23. The molecule has 0 radical (unpaired) electrons. The van der Waals surface area contributed by atoms with Crippen LogP contribution in [0.1, 0.15) is 18.9 Å². The number of aromatic amines is 1. The van der Waals surface area contributed by atoms with E-state index in [2.05, 4.69) is 30.5 Å². The standard InChI is InChI=1S/C11H12BrN3OS/c12-7-4-9-10(13-5-7)15(11(17)14-9)8-2-1-3-16-6-8/h4-5,8H,1-3,6H2,(H,14,17). The molecule has 4 nitrogen and oxygen atoms in total. The molecule has 0 spiro atoms. The molecule has 1 N–H and O–H groups in total. The average Bonchev–Trinajstić information content (AvgIpc) is 2.65. The van der Waals surface area contributed by atoms with E-state index in [1.54, 1.807) is 6.20 Å². The van der Waals surface area contributed by atoms with Crippen LogP contribution in [0.15, 0.2) is 16.7 Å². The van der Waals surface area contributed by atoms with E-state index in [1.165, 1.54) is 0 Å². The van der Waals surface area contributed by atoms with Gasteiger partial charge in [0, 0.05) is 17.3 Å². The molecule has 0 aliphatic carbocycles. The van der Waals surface area contributed by atoms with Crippen molar-refractivity contribution in [1.82, 2.24) is 14.5 Å². The lowest BCUT2D eigenvalue weighted by atomic mass is 10.1. The number of ether oxygens (including phenoxy) is 1. The second kappa shape index (κ2) is 4.51. The molecule has 1 aliphatic heterocycles. The lowest BCUT2D eigenvalue weighted by molar-refractivity contribution is 0.0599. The van der Waals surface area contributed by atoms with Crippen LogP contribution in [0, 0.1) is 4.77 Å². The summed E-state index contributed by atoms with van der Waals surface area (Å²) in [6, 6.07) is 2.30. The summed E-state index contributed by atoms with van der Waals surface area (Å²) in [4.78, 5) is 7.63. The molecule has 3 rings (SSSR count). The van der Waals surface area contributed by atoms with Crippen LogP contribution in [0.2, 0.25) is 0 Å². The third kappa shape index (κ3) is 2.05. The zero-order chi connectivity index (χ0) is 11.8. The van der Waals surface area contributed by atoms with Crippen molar-refractivity contribution in [3.8, 4) is 0 Å². The molecule has 6 heteroatoms. The van der Waals surface area contributed by atoms with Crippen molar-refractivity contribution in [3.63, 3.8) is 0 Å². The maximum absolute atomic E-state index is 5.52. The summed E-state index contributed by atoms with van der Waals surface area (Å²) in [6.07, 6.45) is 3.97. The fourth-order valence-corrected chi connectivity index (χ4v) is 2.93. The molecule has 0 amide bonds. The monoisotopic (exact) mass is 313 g/mol. The number of nitrogens with one attached hydrogen (secondary N) is 1. The second-order valence-electron chi connectivity index (χ2n) is 4.20. The Kier molecular flexibility index (Phi) is 3.02. The van der Waals surface area contributed by atoms with Gasteiger partial charge >= 0.3 is 0 Å². The van der Waals surface area contributed by atoms with Crippen molar-refractivity contribution in [1.29, 1.82) is 0 Å². The topological polar surface area (TPSA) is 42.8 Å². The van der Waals surface area contributed by atoms with Crippen LogP contribution in [0.25, 0.3) is 11.2 Å². The third-order valence-corrected chi connectivity index (χ3v) is 3.76. The number of fused-ring (bicyclic) bond motifs is 1. The lowest BCUT2D eigenvalue weighted by Crippen LogP contribution is -2.21. The van der Waals surface area contributed by atoms with Gasteiger partial charge in [-0.15, -0.1) is 0 Å². The Labute approximate surface area is 112 Å². The van der Waals surface area contributed by atoms with Crippen molar-refractivity contribution in [3.05, 3.63) is 21.5 Å². The Morgan fingerprint density at radius 3 is 3.24 bits per heavy atom. The number of hydrogen-bond acceptors (Lipinski definition) is 3. The molecule has 2 aromatic heterocycles. The number of imidazole rings is 1. The highest BCUT2D eigenvalue weighted by Gasteiger charge is 2.19. The maximum Gasteiger partial charge on any atom is 0.179 e. The molecule has 1 atom stereocenters. The molecule has 17 heavy (non-hydrogen) atoms. The highest BCUT2D eigenvalue weighted by atomic mass is 79.9. The van der Waals surface area contributed by atoms with Crippen LogP contribution in [-0.4, -0.2) is 27.7 Å². The largest absolute Gasteiger partial charge is 0.379 e. The molecule has 1 aliphatic rings. The van der Waals surface area contributed by atoms with Crippen LogP contribution in [-0.2, 0) is 4.74 Å². The SMILES string of the molecule is S=c1[nH]c2cc(Br)cnc2n1C1CCCOC1. The molecule has 90 valence electrons. The number of halogens is 1. The molecule has 0 saturated carbocycles. The molecule has 1 fully saturated rings. The van der Waals surface area contributed by atoms with Gasteiger partial charge in [0.05, 0.1) is 18.2 Å². The second-order valence-corrected chi connectivity index (χ2v) is 5.50. The van der Waals surface area contributed by atoms with Gasteiger partial charge in [0.2, 0.25) is 0 Å². The van der Waals surface area contributed by atoms with Gasteiger partial charge in [-0.1, -0.05) is 0 Å². The maximum atomic E-state index is 5.52. The minimum absolute atomic E-state index is 0.304. The van der Waals surface area contributed by atoms with E-state index >= 15 is 0 Å². The Balaban J connectivity index is 2.14. The first-order valence-electron chi connectivity index (χ1n) is 5.59. The zero-order valence-corrected chi connectivity index (χ0v) is 11.6. The summed E-state index contributed by atoms with van der Waals surface area (Å²) in [7, 11) is 0. The van der Waals surface area contributed by atoms with E-state index in [0.29, 0.717) is 6.04 Å². The smallest absolute Gasteiger partial charge is 0.179 e. The average molecular weight is 314 g/mol. The van der Waals surface area contributed by atoms with Crippen molar-refractivity contribution in [2.75, 3.05) is 13.2 Å². The predicted molar refractivity (Wildman–Crippen MR) is 71.7 cm³/mol. The minimum atomic E-state index is 0.304. The number of nitrogens with zero attached hydrogens (tertiary/aromatic N) is 2. The van der Waals surface area contributed by atoms with Crippen LogP contribution in [0.4, 0.5) is 0 Å².